The molecule has 1 saturated heterocycles. The molecule has 1 aromatic heterocycles. The van der Waals surface area contributed by atoms with E-state index in [1.165, 1.54) is 11.1 Å². The van der Waals surface area contributed by atoms with Gasteiger partial charge in [-0.15, -0.1) is 0 Å². The van der Waals surface area contributed by atoms with E-state index in [4.69, 9.17) is 0 Å². The summed E-state index contributed by atoms with van der Waals surface area (Å²) in [5.41, 5.74) is 2.51. The van der Waals surface area contributed by atoms with E-state index in [1.54, 1.807) is 18.6 Å². The van der Waals surface area contributed by atoms with E-state index in [0.717, 1.165) is 31.7 Å². The van der Waals surface area contributed by atoms with Crippen molar-refractivity contribution in [3.63, 3.8) is 0 Å². The zero-order valence-corrected chi connectivity index (χ0v) is 17.4. The summed E-state index contributed by atoms with van der Waals surface area (Å²) in [5, 5.41) is 3.32. The molecule has 0 aliphatic carbocycles. The number of hydrogen-bond acceptors (Lipinski definition) is 4. The molecule has 1 aromatic carbocycles. The molecule has 3 rings (SSSR count). The zero-order valence-electron chi connectivity index (χ0n) is 17.4. The number of carbonyl (C=O) groups is 1. The molecule has 1 unspecified atom stereocenters. The second-order valence-corrected chi connectivity index (χ2v) is 8.38. The second kappa shape index (κ2) is 9.18. The van der Waals surface area contributed by atoms with Crippen LogP contribution in [0.1, 0.15) is 63.6 Å². The maximum atomic E-state index is 12.9. The van der Waals surface area contributed by atoms with Crippen LogP contribution in [0.4, 0.5) is 5.82 Å². The standard InChI is InChI=1S/C23H32N4O/c1-16(2)18-5-7-19(8-6-18)22(17(3)4)26-23(28)20-9-13-27(14-10-20)21-15-24-11-12-25-21/h5-8,11-12,15-17,20,22H,9-10,13-14H2,1-4H3,(H,26,28). The van der Waals surface area contributed by atoms with Crippen molar-refractivity contribution in [3.05, 3.63) is 54.0 Å². The average molecular weight is 381 g/mol. The van der Waals surface area contributed by atoms with Crippen molar-refractivity contribution in [2.45, 2.75) is 52.5 Å². The molecular formula is C23H32N4O. The lowest BCUT2D eigenvalue weighted by molar-refractivity contribution is -0.126. The van der Waals surface area contributed by atoms with Gasteiger partial charge in [-0.25, -0.2) is 4.98 Å². The molecule has 150 valence electrons. The van der Waals surface area contributed by atoms with Crippen molar-refractivity contribution in [1.29, 1.82) is 0 Å². The van der Waals surface area contributed by atoms with E-state index in [9.17, 15) is 4.79 Å². The van der Waals surface area contributed by atoms with Crippen LogP contribution in [0.3, 0.4) is 0 Å². The van der Waals surface area contributed by atoms with Crippen LogP contribution in [0.15, 0.2) is 42.9 Å². The Hall–Kier alpha value is -2.43. The van der Waals surface area contributed by atoms with Crippen LogP contribution in [-0.4, -0.2) is 29.0 Å². The predicted molar refractivity (Wildman–Crippen MR) is 113 cm³/mol. The molecule has 1 aliphatic heterocycles. The highest BCUT2D eigenvalue weighted by Gasteiger charge is 2.28. The molecule has 2 aromatic rings. The van der Waals surface area contributed by atoms with Crippen LogP contribution in [0, 0.1) is 11.8 Å². The lowest BCUT2D eigenvalue weighted by atomic mass is 9.91. The van der Waals surface area contributed by atoms with Gasteiger partial charge in [-0.3, -0.25) is 9.78 Å². The summed E-state index contributed by atoms with van der Waals surface area (Å²) in [6.07, 6.45) is 6.88. The third-order valence-corrected chi connectivity index (χ3v) is 5.67. The lowest BCUT2D eigenvalue weighted by Crippen LogP contribution is -2.42. The highest BCUT2D eigenvalue weighted by atomic mass is 16.2. The lowest BCUT2D eigenvalue weighted by Gasteiger charge is -2.33. The van der Waals surface area contributed by atoms with Crippen molar-refractivity contribution in [3.8, 4) is 0 Å². The van der Waals surface area contributed by atoms with Crippen molar-refractivity contribution < 1.29 is 4.79 Å². The first-order valence-electron chi connectivity index (χ1n) is 10.4. The fraction of sp³-hybridized carbons (Fsp3) is 0.522. The Morgan fingerprint density at radius 2 is 1.68 bits per heavy atom. The van der Waals surface area contributed by atoms with Crippen LogP contribution >= 0.6 is 0 Å². The van der Waals surface area contributed by atoms with Crippen molar-refractivity contribution in [2.24, 2.45) is 11.8 Å². The third-order valence-electron chi connectivity index (χ3n) is 5.67. The van der Waals surface area contributed by atoms with Crippen LogP contribution < -0.4 is 10.2 Å². The largest absolute Gasteiger partial charge is 0.355 e. The Morgan fingerprint density at radius 3 is 2.21 bits per heavy atom. The van der Waals surface area contributed by atoms with Gasteiger partial charge in [0.25, 0.3) is 0 Å². The van der Waals surface area contributed by atoms with E-state index in [0.29, 0.717) is 11.8 Å². The Kier molecular flexibility index (Phi) is 6.65. The summed E-state index contributed by atoms with van der Waals surface area (Å²) in [7, 11) is 0. The highest BCUT2D eigenvalue weighted by Crippen LogP contribution is 2.26. The van der Waals surface area contributed by atoms with Crippen LogP contribution in [0.25, 0.3) is 0 Å². The molecule has 0 saturated carbocycles. The molecule has 1 aliphatic rings. The van der Waals surface area contributed by atoms with Gasteiger partial charge < -0.3 is 10.2 Å². The fourth-order valence-electron chi connectivity index (χ4n) is 3.82. The minimum Gasteiger partial charge on any atom is -0.355 e. The molecule has 1 atom stereocenters. The summed E-state index contributed by atoms with van der Waals surface area (Å²) in [6.45, 7) is 10.4. The average Bonchev–Trinajstić information content (AvgIpc) is 2.72. The molecule has 1 amide bonds. The molecule has 0 radical (unpaired) electrons. The number of hydrogen-bond donors (Lipinski definition) is 1. The number of aromatic nitrogens is 2. The molecule has 1 N–H and O–H groups in total. The Morgan fingerprint density at radius 1 is 1.04 bits per heavy atom. The number of rotatable bonds is 6. The number of carbonyl (C=O) groups excluding carboxylic acids is 1. The topological polar surface area (TPSA) is 58.1 Å². The van der Waals surface area contributed by atoms with E-state index in [-0.39, 0.29) is 17.9 Å². The minimum atomic E-state index is 0.0479. The quantitative estimate of drug-likeness (QED) is 0.810. The van der Waals surface area contributed by atoms with Crippen LogP contribution in [-0.2, 0) is 4.79 Å². The first kappa shape index (κ1) is 20.3. The minimum absolute atomic E-state index is 0.0479. The summed E-state index contributed by atoms with van der Waals surface area (Å²) < 4.78 is 0. The number of amides is 1. The fourth-order valence-corrected chi connectivity index (χ4v) is 3.82. The number of nitrogens with zero attached hydrogens (tertiary/aromatic N) is 3. The Labute approximate surface area is 168 Å². The highest BCUT2D eigenvalue weighted by molar-refractivity contribution is 5.79. The van der Waals surface area contributed by atoms with E-state index in [1.807, 2.05) is 0 Å². The maximum absolute atomic E-state index is 12.9. The maximum Gasteiger partial charge on any atom is 0.223 e. The molecule has 0 bridgehead atoms. The van der Waals surface area contributed by atoms with Gasteiger partial charge in [-0.05, 0) is 35.8 Å². The first-order chi connectivity index (χ1) is 13.5. The number of nitrogens with one attached hydrogen (secondary N) is 1. The van der Waals surface area contributed by atoms with Gasteiger partial charge in [0.1, 0.15) is 5.82 Å². The molecule has 0 spiro atoms. The van der Waals surface area contributed by atoms with E-state index in [2.05, 4.69) is 72.1 Å². The van der Waals surface area contributed by atoms with Gasteiger partial charge in [0, 0.05) is 31.4 Å². The first-order valence-corrected chi connectivity index (χ1v) is 10.4. The van der Waals surface area contributed by atoms with Gasteiger partial charge in [-0.2, -0.15) is 0 Å². The molecule has 28 heavy (non-hydrogen) atoms. The van der Waals surface area contributed by atoms with E-state index >= 15 is 0 Å². The van der Waals surface area contributed by atoms with Gasteiger partial charge in [0.05, 0.1) is 12.2 Å². The van der Waals surface area contributed by atoms with Crippen molar-refractivity contribution >= 4 is 11.7 Å². The third kappa shape index (κ3) is 4.89. The van der Waals surface area contributed by atoms with E-state index < -0.39 is 0 Å². The summed E-state index contributed by atoms with van der Waals surface area (Å²) in [4.78, 5) is 23.7. The Balaban J connectivity index is 1.60. The summed E-state index contributed by atoms with van der Waals surface area (Å²) in [6, 6.07) is 8.74. The van der Waals surface area contributed by atoms with Gasteiger partial charge >= 0.3 is 0 Å². The predicted octanol–water partition coefficient (Wildman–Crippen LogP) is 4.33. The second-order valence-electron chi connectivity index (χ2n) is 8.38. The Bertz CT molecular complexity index is 750. The van der Waals surface area contributed by atoms with Crippen molar-refractivity contribution in [2.75, 3.05) is 18.0 Å². The van der Waals surface area contributed by atoms with Gasteiger partial charge in [0.2, 0.25) is 5.91 Å². The van der Waals surface area contributed by atoms with Gasteiger partial charge in [0.15, 0.2) is 0 Å². The van der Waals surface area contributed by atoms with Crippen LogP contribution in [0.2, 0.25) is 0 Å². The van der Waals surface area contributed by atoms with Gasteiger partial charge in [-0.1, -0.05) is 52.0 Å². The molecule has 1 fully saturated rings. The summed E-state index contributed by atoms with van der Waals surface area (Å²) >= 11 is 0. The molecule has 5 nitrogen and oxygen atoms in total. The number of anilines is 1. The zero-order chi connectivity index (χ0) is 20.1. The number of piperidine rings is 1. The molecule has 2 heterocycles. The monoisotopic (exact) mass is 380 g/mol. The molecular weight excluding hydrogens is 348 g/mol. The smallest absolute Gasteiger partial charge is 0.223 e. The molecule has 5 heteroatoms. The van der Waals surface area contributed by atoms with Crippen molar-refractivity contribution in [1.82, 2.24) is 15.3 Å². The van der Waals surface area contributed by atoms with Crippen LogP contribution in [0.5, 0.6) is 0 Å². The summed E-state index contributed by atoms with van der Waals surface area (Å²) in [5.74, 6) is 1.98. The number of benzene rings is 1. The normalized spacial score (nSPS) is 16.4. The SMILES string of the molecule is CC(C)c1ccc(C(NC(=O)C2CCN(c3cnccn3)CC2)C(C)C)cc1.